The van der Waals surface area contributed by atoms with E-state index in [1.54, 1.807) is 14.0 Å². The van der Waals surface area contributed by atoms with Gasteiger partial charge in [-0.15, -0.1) is 12.3 Å². The molecule has 1 aromatic heterocycles. The summed E-state index contributed by atoms with van der Waals surface area (Å²) < 4.78 is 7.96. The summed E-state index contributed by atoms with van der Waals surface area (Å²) in [5.74, 6) is 3.09. The van der Waals surface area contributed by atoms with Gasteiger partial charge in [-0.25, -0.2) is 0 Å². The van der Waals surface area contributed by atoms with Gasteiger partial charge in [0.25, 0.3) is 0 Å². The SMILES string of the molecule is C#CC.C/C=C(\C=C/Cc1ccccc1)N(c1ccc(OC)cc1)c1ccc2c(c1)c1cccc3c1n2-c1ccccc1C3(C)C. The topological polar surface area (TPSA) is 17.4 Å². The first-order valence-corrected chi connectivity index (χ1v) is 15.8. The van der Waals surface area contributed by atoms with E-state index in [9.17, 15) is 0 Å². The Morgan fingerprint density at radius 1 is 0.826 bits per heavy atom. The molecule has 0 atom stereocenters. The van der Waals surface area contributed by atoms with Crippen LogP contribution in [0.2, 0.25) is 0 Å². The highest BCUT2D eigenvalue weighted by molar-refractivity contribution is 6.12. The number of nitrogens with zero attached hydrogens (tertiary/aromatic N) is 2. The number of aromatic nitrogens is 1. The predicted octanol–water partition coefficient (Wildman–Crippen LogP) is 10.9. The van der Waals surface area contributed by atoms with E-state index in [0.717, 1.165) is 29.2 Å². The van der Waals surface area contributed by atoms with Crippen LogP contribution in [0.15, 0.2) is 139 Å². The number of fused-ring (bicyclic) bond motifs is 5. The number of rotatable bonds is 7. The van der Waals surface area contributed by atoms with Crippen molar-refractivity contribution < 1.29 is 4.74 Å². The zero-order valence-electron chi connectivity index (χ0n) is 27.3. The van der Waals surface area contributed by atoms with E-state index >= 15 is 0 Å². The number of para-hydroxylation sites is 2. The Kier molecular flexibility index (Phi) is 8.55. The van der Waals surface area contributed by atoms with Crippen molar-refractivity contribution in [1.29, 1.82) is 0 Å². The third-order valence-corrected chi connectivity index (χ3v) is 8.89. The zero-order chi connectivity index (χ0) is 32.3. The summed E-state index contributed by atoms with van der Waals surface area (Å²) in [5, 5.41) is 2.54. The molecule has 0 saturated heterocycles. The van der Waals surface area contributed by atoms with Crippen LogP contribution < -0.4 is 9.64 Å². The maximum atomic E-state index is 5.49. The number of hydrogen-bond donors (Lipinski definition) is 0. The fraction of sp³-hybridized carbons (Fsp3) is 0.163. The van der Waals surface area contributed by atoms with Gasteiger partial charge in [0.1, 0.15) is 5.75 Å². The van der Waals surface area contributed by atoms with Gasteiger partial charge in [0.15, 0.2) is 0 Å². The number of terminal acetylenes is 1. The molecule has 6 aromatic rings. The van der Waals surface area contributed by atoms with Crippen molar-refractivity contribution in [3.63, 3.8) is 0 Å². The van der Waals surface area contributed by atoms with E-state index in [1.807, 2.05) is 12.1 Å². The molecule has 1 aliphatic heterocycles. The molecule has 0 saturated carbocycles. The van der Waals surface area contributed by atoms with Gasteiger partial charge in [-0.1, -0.05) is 92.7 Å². The molecule has 3 nitrogen and oxygen atoms in total. The molecule has 5 aromatic carbocycles. The fourth-order valence-corrected chi connectivity index (χ4v) is 6.70. The van der Waals surface area contributed by atoms with Gasteiger partial charge < -0.3 is 14.2 Å². The number of anilines is 2. The number of hydrogen-bond acceptors (Lipinski definition) is 2. The molecule has 0 radical (unpaired) electrons. The van der Waals surface area contributed by atoms with Crippen molar-refractivity contribution in [3.05, 3.63) is 156 Å². The molecule has 0 unspecified atom stereocenters. The van der Waals surface area contributed by atoms with E-state index in [4.69, 9.17) is 4.74 Å². The second-order valence-corrected chi connectivity index (χ2v) is 12.0. The number of methoxy groups -OCH3 is 1. The van der Waals surface area contributed by atoms with Gasteiger partial charge in [-0.3, -0.25) is 0 Å². The molecule has 0 N–H and O–H groups in total. The smallest absolute Gasteiger partial charge is 0.119 e. The van der Waals surface area contributed by atoms with Crippen LogP contribution in [-0.2, 0) is 11.8 Å². The van der Waals surface area contributed by atoms with Crippen LogP contribution in [0.3, 0.4) is 0 Å². The van der Waals surface area contributed by atoms with Crippen LogP contribution in [0.25, 0.3) is 27.5 Å². The Morgan fingerprint density at radius 3 is 2.22 bits per heavy atom. The first-order valence-electron chi connectivity index (χ1n) is 15.8. The summed E-state index contributed by atoms with van der Waals surface area (Å²) in [5.41, 5.74) is 11.1. The van der Waals surface area contributed by atoms with Crippen LogP contribution in [0.1, 0.15) is 44.4 Å². The van der Waals surface area contributed by atoms with Gasteiger partial charge in [-0.05, 0) is 91.6 Å². The first kappa shape index (κ1) is 30.6. The minimum absolute atomic E-state index is 0.0832. The highest BCUT2D eigenvalue weighted by Gasteiger charge is 2.34. The molecule has 3 heteroatoms. The summed E-state index contributed by atoms with van der Waals surface area (Å²) in [6.45, 7) is 8.45. The van der Waals surface area contributed by atoms with Crippen molar-refractivity contribution in [2.45, 2.75) is 39.5 Å². The lowest BCUT2D eigenvalue weighted by Crippen LogP contribution is -2.26. The highest BCUT2D eigenvalue weighted by Crippen LogP contribution is 2.48. The second-order valence-electron chi connectivity index (χ2n) is 12.0. The molecule has 0 fully saturated rings. The van der Waals surface area contributed by atoms with Gasteiger partial charge in [-0.2, -0.15) is 0 Å². The van der Waals surface area contributed by atoms with E-state index in [-0.39, 0.29) is 5.41 Å². The number of ether oxygens (including phenoxy) is 1. The van der Waals surface area contributed by atoms with Crippen molar-refractivity contribution in [2.75, 3.05) is 12.0 Å². The maximum absolute atomic E-state index is 5.49. The molecule has 0 amide bonds. The average Bonchev–Trinajstić information content (AvgIpc) is 3.42. The Hall–Kier alpha value is -5.46. The monoisotopic (exact) mass is 600 g/mol. The Labute approximate surface area is 273 Å². The predicted molar refractivity (Wildman–Crippen MR) is 196 cm³/mol. The molecular weight excluding hydrogens is 560 g/mol. The van der Waals surface area contributed by atoms with Crippen LogP contribution in [0.4, 0.5) is 11.4 Å². The Morgan fingerprint density at radius 2 is 1.50 bits per heavy atom. The zero-order valence-corrected chi connectivity index (χ0v) is 27.3. The molecule has 2 heterocycles. The van der Waals surface area contributed by atoms with Crippen LogP contribution in [0.5, 0.6) is 5.75 Å². The highest BCUT2D eigenvalue weighted by atomic mass is 16.5. The summed E-state index contributed by atoms with van der Waals surface area (Å²) in [6.07, 6.45) is 12.1. The normalized spacial score (nSPS) is 13.2. The average molecular weight is 601 g/mol. The largest absolute Gasteiger partial charge is 0.497 e. The quantitative estimate of drug-likeness (QED) is 0.134. The van der Waals surface area contributed by atoms with Crippen LogP contribution in [-0.4, -0.2) is 11.7 Å². The summed E-state index contributed by atoms with van der Waals surface area (Å²) in [7, 11) is 1.71. The lowest BCUT2D eigenvalue weighted by Gasteiger charge is -2.34. The summed E-state index contributed by atoms with van der Waals surface area (Å²) in [6, 6.07) is 41.5. The van der Waals surface area contributed by atoms with Crippen LogP contribution >= 0.6 is 0 Å². The standard InChI is InChI=1S/C40H36N2O.C3H4/c1-5-29(16-11-15-28-13-7-6-8-14-28)41(30-21-24-32(43-4)25-22-30)31-23-26-37-34(27-31)33-17-12-19-36-39(33)42(37)38-20-10-9-18-35(38)40(36,2)3;1-3-2/h5-14,16-27H,15H2,1-4H3;1H,2H3/b16-11-,29-5+;. The third-order valence-electron chi connectivity index (χ3n) is 8.89. The van der Waals surface area contributed by atoms with Crippen LogP contribution in [0, 0.1) is 12.3 Å². The van der Waals surface area contributed by atoms with E-state index in [1.165, 1.54) is 44.2 Å². The molecule has 228 valence electrons. The van der Waals surface area contributed by atoms with Crippen molar-refractivity contribution in [2.24, 2.45) is 0 Å². The number of benzene rings is 5. The van der Waals surface area contributed by atoms with E-state index in [0.29, 0.717) is 0 Å². The van der Waals surface area contributed by atoms with Gasteiger partial charge in [0.2, 0.25) is 0 Å². The van der Waals surface area contributed by atoms with Crippen molar-refractivity contribution >= 4 is 33.2 Å². The molecular formula is C43H40N2O. The molecule has 0 aliphatic carbocycles. The molecule has 7 rings (SSSR count). The van der Waals surface area contributed by atoms with Crippen molar-refractivity contribution in [3.8, 4) is 23.8 Å². The van der Waals surface area contributed by atoms with E-state index in [2.05, 4.69) is 164 Å². The summed E-state index contributed by atoms with van der Waals surface area (Å²) in [4.78, 5) is 2.34. The molecule has 1 aliphatic rings. The van der Waals surface area contributed by atoms with Gasteiger partial charge >= 0.3 is 0 Å². The molecule has 0 bridgehead atoms. The molecule has 0 spiro atoms. The minimum atomic E-state index is -0.0832. The van der Waals surface area contributed by atoms with E-state index < -0.39 is 0 Å². The maximum Gasteiger partial charge on any atom is 0.119 e. The minimum Gasteiger partial charge on any atom is -0.497 e. The molecule has 46 heavy (non-hydrogen) atoms. The second kappa shape index (κ2) is 12.9. The van der Waals surface area contributed by atoms with Crippen molar-refractivity contribution in [1.82, 2.24) is 4.57 Å². The van der Waals surface area contributed by atoms with Gasteiger partial charge in [0.05, 0.1) is 23.8 Å². The summed E-state index contributed by atoms with van der Waals surface area (Å²) >= 11 is 0. The Balaban J connectivity index is 0.00000119. The third kappa shape index (κ3) is 5.37. The Bertz CT molecular complexity index is 2100. The first-order chi connectivity index (χ1) is 22.4. The fourth-order valence-electron chi connectivity index (χ4n) is 6.70. The lowest BCUT2D eigenvalue weighted by atomic mass is 9.75. The lowest BCUT2D eigenvalue weighted by molar-refractivity contribution is 0.415. The number of allylic oxidation sites excluding steroid dienone is 3. The van der Waals surface area contributed by atoms with Gasteiger partial charge in [0, 0.05) is 33.3 Å².